The van der Waals surface area contributed by atoms with Gasteiger partial charge in [-0.2, -0.15) is 0 Å². The van der Waals surface area contributed by atoms with Crippen LogP contribution in [0.2, 0.25) is 0 Å². The van der Waals surface area contributed by atoms with E-state index in [1.54, 1.807) is 0 Å². The Morgan fingerprint density at radius 3 is 2.44 bits per heavy atom. The monoisotopic (exact) mass is 346 g/mol. The lowest BCUT2D eigenvalue weighted by Crippen LogP contribution is -2.43. The number of carboxylic acid groups (broad SMARTS) is 1. The molecule has 0 aliphatic heterocycles. The lowest BCUT2D eigenvalue weighted by molar-refractivity contribution is -0.143. The minimum Gasteiger partial charge on any atom is -0.481 e. The molecule has 0 radical (unpaired) electrons. The van der Waals surface area contributed by atoms with Crippen LogP contribution in [0, 0.1) is 5.92 Å². The Balaban J connectivity index is 1.72. The van der Waals surface area contributed by atoms with E-state index in [1.807, 2.05) is 30.3 Å². The summed E-state index contributed by atoms with van der Waals surface area (Å²) < 4.78 is 0. The van der Waals surface area contributed by atoms with Gasteiger partial charge in [-0.15, -0.1) is 0 Å². The molecule has 6 nitrogen and oxygen atoms in total. The van der Waals surface area contributed by atoms with Gasteiger partial charge in [0.15, 0.2) is 0 Å². The average molecular weight is 346 g/mol. The Morgan fingerprint density at radius 2 is 1.72 bits per heavy atom. The molecule has 0 aromatic heterocycles. The van der Waals surface area contributed by atoms with Gasteiger partial charge < -0.3 is 15.7 Å². The van der Waals surface area contributed by atoms with E-state index in [-0.39, 0.29) is 37.2 Å². The number of amides is 2. The molecule has 136 valence electrons. The summed E-state index contributed by atoms with van der Waals surface area (Å²) in [5.74, 6) is -1.70. The summed E-state index contributed by atoms with van der Waals surface area (Å²) in [7, 11) is 0. The smallest absolute Gasteiger partial charge is 0.308 e. The predicted molar refractivity (Wildman–Crippen MR) is 93.9 cm³/mol. The summed E-state index contributed by atoms with van der Waals surface area (Å²) in [6.07, 6.45) is 4.57. The normalized spacial score (nSPS) is 20.3. The number of benzene rings is 1. The number of hydrogen-bond acceptors (Lipinski definition) is 3. The molecule has 6 heteroatoms. The quantitative estimate of drug-likeness (QED) is 0.657. The minimum absolute atomic E-state index is 0.128. The van der Waals surface area contributed by atoms with Gasteiger partial charge in [0, 0.05) is 19.0 Å². The first-order valence-corrected chi connectivity index (χ1v) is 8.89. The number of aliphatic carboxylic acids is 1. The maximum Gasteiger partial charge on any atom is 0.308 e. The van der Waals surface area contributed by atoms with E-state index in [1.165, 1.54) is 0 Å². The van der Waals surface area contributed by atoms with E-state index in [2.05, 4.69) is 10.6 Å². The van der Waals surface area contributed by atoms with Gasteiger partial charge in [-0.05, 0) is 18.4 Å². The van der Waals surface area contributed by atoms with Gasteiger partial charge in [-0.3, -0.25) is 14.4 Å². The Hall–Kier alpha value is -2.37. The summed E-state index contributed by atoms with van der Waals surface area (Å²) >= 11 is 0. The first-order chi connectivity index (χ1) is 12.1. The molecule has 0 unspecified atom stereocenters. The van der Waals surface area contributed by atoms with Crippen molar-refractivity contribution in [2.45, 2.75) is 51.0 Å². The van der Waals surface area contributed by atoms with Gasteiger partial charge in [-0.25, -0.2) is 0 Å². The summed E-state index contributed by atoms with van der Waals surface area (Å²) in [4.78, 5) is 35.3. The summed E-state index contributed by atoms with van der Waals surface area (Å²) in [5, 5.41) is 14.9. The lowest BCUT2D eigenvalue weighted by atomic mass is 9.95. The molecule has 2 rings (SSSR count). The first kappa shape index (κ1) is 19.0. The third-order valence-electron chi connectivity index (χ3n) is 4.56. The Morgan fingerprint density at radius 1 is 1.00 bits per heavy atom. The molecular weight excluding hydrogens is 320 g/mol. The summed E-state index contributed by atoms with van der Waals surface area (Å²) in [6, 6.07) is 9.09. The predicted octanol–water partition coefficient (Wildman–Crippen LogP) is 1.89. The van der Waals surface area contributed by atoms with Gasteiger partial charge >= 0.3 is 5.97 Å². The van der Waals surface area contributed by atoms with Crippen LogP contribution in [0.5, 0.6) is 0 Å². The van der Waals surface area contributed by atoms with Crippen LogP contribution in [0.25, 0.3) is 0 Å². The fourth-order valence-electron chi connectivity index (χ4n) is 3.21. The molecule has 1 aliphatic rings. The van der Waals surface area contributed by atoms with Crippen LogP contribution in [0.4, 0.5) is 0 Å². The van der Waals surface area contributed by atoms with Crippen LogP contribution in [0.15, 0.2) is 30.3 Å². The zero-order valence-electron chi connectivity index (χ0n) is 14.4. The molecule has 0 spiro atoms. The number of carbonyl (C=O) groups excluding carboxylic acids is 2. The molecule has 1 saturated carbocycles. The molecule has 1 aliphatic carbocycles. The highest BCUT2D eigenvalue weighted by Crippen LogP contribution is 2.23. The lowest BCUT2D eigenvalue weighted by Gasteiger charge is -2.22. The van der Waals surface area contributed by atoms with Crippen molar-refractivity contribution in [2.24, 2.45) is 5.92 Å². The minimum atomic E-state index is -0.844. The number of nitrogens with one attached hydrogen (secondary N) is 2. The fraction of sp³-hybridized carbons (Fsp3) is 0.526. The van der Waals surface area contributed by atoms with Crippen molar-refractivity contribution >= 4 is 17.8 Å². The van der Waals surface area contributed by atoms with Gasteiger partial charge in [-0.1, -0.05) is 49.6 Å². The van der Waals surface area contributed by atoms with E-state index < -0.39 is 11.9 Å². The number of carboxylic acids is 1. The van der Waals surface area contributed by atoms with Gasteiger partial charge in [0.1, 0.15) is 0 Å². The van der Waals surface area contributed by atoms with E-state index in [0.717, 1.165) is 24.8 Å². The fourth-order valence-corrected chi connectivity index (χ4v) is 3.21. The Bertz CT molecular complexity index is 588. The molecule has 0 heterocycles. The maximum absolute atomic E-state index is 12.1. The van der Waals surface area contributed by atoms with Crippen molar-refractivity contribution in [2.75, 3.05) is 6.54 Å². The van der Waals surface area contributed by atoms with Crippen LogP contribution in [0.1, 0.15) is 44.1 Å². The summed E-state index contributed by atoms with van der Waals surface area (Å²) in [5.41, 5.74) is 0.923. The second-order valence-corrected chi connectivity index (χ2v) is 6.52. The van der Waals surface area contributed by atoms with Crippen molar-refractivity contribution < 1.29 is 19.5 Å². The Labute approximate surface area is 148 Å². The molecular formula is C19H26N2O4. The van der Waals surface area contributed by atoms with Crippen molar-refractivity contribution in [3.05, 3.63) is 35.9 Å². The molecule has 0 bridgehead atoms. The zero-order chi connectivity index (χ0) is 18.1. The van der Waals surface area contributed by atoms with E-state index in [9.17, 15) is 19.5 Å². The van der Waals surface area contributed by atoms with Crippen LogP contribution in [0.3, 0.4) is 0 Å². The largest absolute Gasteiger partial charge is 0.481 e. The molecule has 25 heavy (non-hydrogen) atoms. The molecule has 1 aromatic carbocycles. The second-order valence-electron chi connectivity index (χ2n) is 6.52. The van der Waals surface area contributed by atoms with Crippen LogP contribution < -0.4 is 10.6 Å². The highest BCUT2D eigenvalue weighted by Gasteiger charge is 2.30. The SMILES string of the molecule is O=C(Cc1ccccc1)NCCC(=O)N[C@H]1CCCCC[C@H]1C(=O)O. The Kier molecular flexibility index (Phi) is 7.44. The topological polar surface area (TPSA) is 95.5 Å². The number of rotatable bonds is 7. The van der Waals surface area contributed by atoms with Crippen molar-refractivity contribution in [1.29, 1.82) is 0 Å². The molecule has 1 aromatic rings. The first-order valence-electron chi connectivity index (χ1n) is 8.89. The summed E-state index contributed by atoms with van der Waals surface area (Å²) in [6.45, 7) is 0.252. The standard InChI is InChI=1S/C19H26N2O4/c22-17(21-16-10-6-2-5-9-15(16)19(24)25)11-12-20-18(23)13-14-7-3-1-4-8-14/h1,3-4,7-8,15-16H,2,5-6,9-13H2,(H,20,23)(H,21,22)(H,24,25)/t15-,16+/m1/s1. The van der Waals surface area contributed by atoms with E-state index in [4.69, 9.17) is 0 Å². The molecule has 0 saturated heterocycles. The van der Waals surface area contributed by atoms with E-state index in [0.29, 0.717) is 12.8 Å². The van der Waals surface area contributed by atoms with Crippen molar-refractivity contribution in [3.8, 4) is 0 Å². The maximum atomic E-state index is 12.1. The number of hydrogen-bond donors (Lipinski definition) is 3. The second kappa shape index (κ2) is 9.81. The number of carbonyl (C=O) groups is 3. The van der Waals surface area contributed by atoms with Crippen molar-refractivity contribution in [3.63, 3.8) is 0 Å². The zero-order valence-corrected chi connectivity index (χ0v) is 14.4. The molecule has 3 N–H and O–H groups in total. The van der Waals surface area contributed by atoms with Gasteiger partial charge in [0.2, 0.25) is 11.8 Å². The molecule has 2 atom stereocenters. The third kappa shape index (κ3) is 6.57. The van der Waals surface area contributed by atoms with Crippen LogP contribution in [-0.4, -0.2) is 35.5 Å². The average Bonchev–Trinajstić information content (AvgIpc) is 2.81. The third-order valence-corrected chi connectivity index (χ3v) is 4.56. The van der Waals surface area contributed by atoms with Crippen molar-refractivity contribution in [1.82, 2.24) is 10.6 Å². The molecule has 1 fully saturated rings. The van der Waals surface area contributed by atoms with E-state index >= 15 is 0 Å². The van der Waals surface area contributed by atoms with Crippen LogP contribution >= 0.6 is 0 Å². The highest BCUT2D eigenvalue weighted by atomic mass is 16.4. The molecule has 2 amide bonds. The van der Waals surface area contributed by atoms with Gasteiger partial charge in [0.25, 0.3) is 0 Å². The van der Waals surface area contributed by atoms with Gasteiger partial charge in [0.05, 0.1) is 12.3 Å². The highest BCUT2D eigenvalue weighted by molar-refractivity contribution is 5.81. The van der Waals surface area contributed by atoms with Crippen LogP contribution in [-0.2, 0) is 20.8 Å².